The molecule has 0 saturated heterocycles. The number of aromatic amines is 1. The van der Waals surface area contributed by atoms with Crippen molar-refractivity contribution in [3.05, 3.63) is 12.5 Å². The fourth-order valence-electron chi connectivity index (χ4n) is 0.769. The Balaban J connectivity index is 2.84. The predicted molar refractivity (Wildman–Crippen MR) is 49.1 cm³/mol. The van der Waals surface area contributed by atoms with Crippen molar-refractivity contribution in [2.24, 2.45) is 0 Å². The summed E-state index contributed by atoms with van der Waals surface area (Å²) in [6, 6.07) is -0.733. The summed E-state index contributed by atoms with van der Waals surface area (Å²) in [7, 11) is -3.65. The second-order valence-electron chi connectivity index (χ2n) is 2.87. The summed E-state index contributed by atoms with van der Waals surface area (Å²) >= 11 is 0. The van der Waals surface area contributed by atoms with Gasteiger partial charge in [-0.3, -0.25) is 4.79 Å². The van der Waals surface area contributed by atoms with Gasteiger partial charge in [-0.1, -0.05) is 0 Å². The number of nitrogens with zero attached hydrogens (tertiary/aromatic N) is 1. The fourth-order valence-corrected chi connectivity index (χ4v) is 1.94. The van der Waals surface area contributed by atoms with E-state index in [2.05, 4.69) is 14.7 Å². The third-order valence-corrected chi connectivity index (χ3v) is 3.17. The number of hydrogen-bond acceptors (Lipinski definition) is 4. The Labute approximate surface area is 81.8 Å². The molecule has 0 radical (unpaired) electrons. The molecule has 1 aromatic heterocycles. The van der Waals surface area contributed by atoms with E-state index in [0.717, 1.165) is 0 Å². The Morgan fingerprint density at radius 3 is 2.71 bits per heavy atom. The maximum absolute atomic E-state index is 11.5. The summed E-state index contributed by atoms with van der Waals surface area (Å²) in [4.78, 5) is 16.9. The van der Waals surface area contributed by atoms with Crippen molar-refractivity contribution in [1.82, 2.24) is 14.7 Å². The van der Waals surface area contributed by atoms with Crippen LogP contribution < -0.4 is 4.72 Å². The smallest absolute Gasteiger partial charge is 0.258 e. The van der Waals surface area contributed by atoms with Crippen molar-refractivity contribution in [3.8, 4) is 0 Å². The van der Waals surface area contributed by atoms with Gasteiger partial charge in [0.1, 0.15) is 5.78 Å². The van der Waals surface area contributed by atoms with Crippen LogP contribution in [0.25, 0.3) is 0 Å². The summed E-state index contributed by atoms with van der Waals surface area (Å²) in [6.07, 6.45) is 2.43. The maximum atomic E-state index is 11.5. The van der Waals surface area contributed by atoms with Gasteiger partial charge < -0.3 is 4.98 Å². The van der Waals surface area contributed by atoms with E-state index in [0.29, 0.717) is 0 Å². The Morgan fingerprint density at radius 1 is 1.64 bits per heavy atom. The minimum Gasteiger partial charge on any atom is -0.335 e. The number of carbonyl (C=O) groups is 1. The van der Waals surface area contributed by atoms with E-state index in [-0.39, 0.29) is 10.8 Å². The first kappa shape index (κ1) is 10.9. The van der Waals surface area contributed by atoms with Crippen molar-refractivity contribution in [1.29, 1.82) is 0 Å². The third-order valence-electron chi connectivity index (χ3n) is 1.70. The minimum absolute atomic E-state index is 0.0504. The van der Waals surface area contributed by atoms with Gasteiger partial charge in [0.15, 0.2) is 5.03 Å². The standard InChI is InChI=1S/C7H11N3O3S/c1-5(6(2)11)10-14(12,13)7-3-8-4-9-7/h3-5,10H,1-2H3,(H,8,9). The summed E-state index contributed by atoms with van der Waals surface area (Å²) in [5.41, 5.74) is 0. The highest BCUT2D eigenvalue weighted by Gasteiger charge is 2.20. The van der Waals surface area contributed by atoms with Gasteiger partial charge in [-0.15, -0.1) is 0 Å². The van der Waals surface area contributed by atoms with Crippen molar-refractivity contribution in [2.45, 2.75) is 24.9 Å². The molecule has 78 valence electrons. The summed E-state index contributed by atoms with van der Waals surface area (Å²) in [5.74, 6) is -0.243. The number of ketones is 1. The highest BCUT2D eigenvalue weighted by molar-refractivity contribution is 7.89. The Kier molecular flexibility index (Phi) is 3.02. The average molecular weight is 217 g/mol. The van der Waals surface area contributed by atoms with Crippen molar-refractivity contribution < 1.29 is 13.2 Å². The highest BCUT2D eigenvalue weighted by atomic mass is 32.2. The first-order valence-corrected chi connectivity index (χ1v) is 5.43. The molecule has 7 heteroatoms. The molecule has 2 N–H and O–H groups in total. The largest absolute Gasteiger partial charge is 0.335 e. The molecule has 0 bridgehead atoms. The second-order valence-corrected chi connectivity index (χ2v) is 4.55. The average Bonchev–Trinajstić information content (AvgIpc) is 2.54. The predicted octanol–water partition coefficient (Wildman–Crippen LogP) is -0.335. The first-order chi connectivity index (χ1) is 6.43. The van der Waals surface area contributed by atoms with Gasteiger partial charge in [0, 0.05) is 0 Å². The van der Waals surface area contributed by atoms with Gasteiger partial charge in [-0.2, -0.15) is 4.72 Å². The van der Waals surface area contributed by atoms with E-state index in [1.54, 1.807) is 0 Å². The number of aromatic nitrogens is 2. The second kappa shape index (κ2) is 3.89. The zero-order valence-electron chi connectivity index (χ0n) is 7.81. The van der Waals surface area contributed by atoms with E-state index in [1.807, 2.05) is 0 Å². The molecule has 0 aliphatic carbocycles. The van der Waals surface area contributed by atoms with Gasteiger partial charge in [-0.05, 0) is 13.8 Å². The molecule has 0 fully saturated rings. The van der Waals surface area contributed by atoms with Crippen LogP contribution in [-0.2, 0) is 14.8 Å². The lowest BCUT2D eigenvalue weighted by Crippen LogP contribution is -2.37. The SMILES string of the molecule is CC(=O)C(C)NS(=O)(=O)c1cnc[nH]1. The van der Waals surface area contributed by atoms with E-state index in [4.69, 9.17) is 0 Å². The molecule has 1 atom stereocenters. The lowest BCUT2D eigenvalue weighted by molar-refractivity contribution is -0.118. The van der Waals surface area contributed by atoms with Gasteiger partial charge in [0.25, 0.3) is 10.0 Å². The molecule has 0 spiro atoms. The van der Waals surface area contributed by atoms with E-state index < -0.39 is 16.1 Å². The number of carbonyl (C=O) groups excluding carboxylic acids is 1. The zero-order chi connectivity index (χ0) is 10.8. The van der Waals surface area contributed by atoms with Gasteiger partial charge in [-0.25, -0.2) is 13.4 Å². The van der Waals surface area contributed by atoms with Gasteiger partial charge in [0.2, 0.25) is 0 Å². The molecular weight excluding hydrogens is 206 g/mol. The van der Waals surface area contributed by atoms with Crippen molar-refractivity contribution in [3.63, 3.8) is 0 Å². The number of imidazole rings is 1. The van der Waals surface area contributed by atoms with E-state index >= 15 is 0 Å². The number of sulfonamides is 1. The quantitative estimate of drug-likeness (QED) is 0.722. The van der Waals surface area contributed by atoms with Gasteiger partial charge in [0.05, 0.1) is 18.6 Å². The normalized spacial score (nSPS) is 13.9. The topological polar surface area (TPSA) is 91.9 Å². The number of H-pyrrole nitrogens is 1. The number of Topliss-reactive ketones (excluding diaryl/α,β-unsaturated/α-hetero) is 1. The molecule has 1 rings (SSSR count). The Morgan fingerprint density at radius 2 is 2.29 bits per heavy atom. The Hall–Kier alpha value is -1.21. The highest BCUT2D eigenvalue weighted by Crippen LogP contribution is 2.03. The van der Waals surface area contributed by atoms with Crippen LogP contribution >= 0.6 is 0 Å². The third kappa shape index (κ3) is 2.39. The van der Waals surface area contributed by atoms with Crippen LogP contribution in [0.2, 0.25) is 0 Å². The van der Waals surface area contributed by atoms with Crippen molar-refractivity contribution in [2.75, 3.05) is 0 Å². The van der Waals surface area contributed by atoms with Crippen LogP contribution in [0.15, 0.2) is 17.6 Å². The molecule has 0 aliphatic heterocycles. The maximum Gasteiger partial charge on any atom is 0.258 e. The van der Waals surface area contributed by atoms with Crippen LogP contribution in [0, 0.1) is 0 Å². The molecule has 6 nitrogen and oxygen atoms in total. The van der Waals surface area contributed by atoms with Crippen LogP contribution in [0.1, 0.15) is 13.8 Å². The minimum atomic E-state index is -3.65. The van der Waals surface area contributed by atoms with Crippen LogP contribution in [-0.4, -0.2) is 30.2 Å². The Bertz CT molecular complexity index is 409. The molecule has 0 saturated carbocycles. The molecule has 1 heterocycles. The monoisotopic (exact) mass is 217 g/mol. The first-order valence-electron chi connectivity index (χ1n) is 3.94. The lowest BCUT2D eigenvalue weighted by atomic mass is 10.3. The molecule has 1 aromatic rings. The number of hydrogen-bond donors (Lipinski definition) is 2. The molecule has 0 amide bonds. The molecule has 0 aromatic carbocycles. The van der Waals surface area contributed by atoms with Crippen molar-refractivity contribution >= 4 is 15.8 Å². The zero-order valence-corrected chi connectivity index (χ0v) is 8.63. The molecule has 1 unspecified atom stereocenters. The van der Waals surface area contributed by atoms with Gasteiger partial charge >= 0.3 is 0 Å². The molecule has 0 aliphatic rings. The van der Waals surface area contributed by atoms with Crippen LogP contribution in [0.4, 0.5) is 0 Å². The van der Waals surface area contributed by atoms with Crippen LogP contribution in [0.5, 0.6) is 0 Å². The summed E-state index contributed by atoms with van der Waals surface area (Å²) in [5, 5.41) is -0.0504. The number of nitrogens with one attached hydrogen (secondary N) is 2. The lowest BCUT2D eigenvalue weighted by Gasteiger charge is -2.09. The van der Waals surface area contributed by atoms with E-state index in [1.165, 1.54) is 26.4 Å². The van der Waals surface area contributed by atoms with E-state index in [9.17, 15) is 13.2 Å². The fraction of sp³-hybridized carbons (Fsp3) is 0.429. The summed E-state index contributed by atoms with van der Waals surface area (Å²) in [6.45, 7) is 2.80. The number of rotatable bonds is 4. The van der Waals surface area contributed by atoms with Crippen LogP contribution in [0.3, 0.4) is 0 Å². The molecule has 14 heavy (non-hydrogen) atoms. The summed E-state index contributed by atoms with van der Waals surface area (Å²) < 4.78 is 25.2. The molecular formula is C7H11N3O3S.